The molecule has 0 unspecified atom stereocenters. The summed E-state index contributed by atoms with van der Waals surface area (Å²) in [6.45, 7) is 0. The van der Waals surface area contributed by atoms with Gasteiger partial charge in [-0.2, -0.15) is 0 Å². The molecule has 0 N–H and O–H groups in total. The van der Waals surface area contributed by atoms with Crippen LogP contribution in [-0.2, 0) is 0 Å². The van der Waals surface area contributed by atoms with Gasteiger partial charge in [0.25, 0.3) is 5.69 Å². The Morgan fingerprint density at radius 1 is 1.08 bits per heavy atom. The van der Waals surface area contributed by atoms with Crippen LogP contribution in [0.25, 0.3) is 11.8 Å². The van der Waals surface area contributed by atoms with Gasteiger partial charge < -0.3 is 4.57 Å². The minimum Gasteiger partial charge on any atom is -0.303 e. The monoisotopic (exact) mass is 345 g/mol. The van der Waals surface area contributed by atoms with E-state index in [0.29, 0.717) is 16.8 Å². The lowest BCUT2D eigenvalue weighted by Crippen LogP contribution is -2.07. The number of rotatable bonds is 6. The van der Waals surface area contributed by atoms with Crippen molar-refractivity contribution in [1.82, 2.24) is 9.55 Å². The molecule has 0 radical (unpaired) electrons. The standard InChI is InChI=1S/C20H15N3O3/c24-20(17-8-2-1-3-9-17)19(22-14-13-21-15-22)12-6-10-16-7-4-5-11-18(16)23(25)26/h1-15H/b10-6+,19-12-. The predicted octanol–water partition coefficient (Wildman–Crippen LogP) is 4.23. The molecule has 6 heteroatoms. The highest BCUT2D eigenvalue weighted by atomic mass is 16.6. The van der Waals surface area contributed by atoms with Crippen LogP contribution in [0.2, 0.25) is 0 Å². The summed E-state index contributed by atoms with van der Waals surface area (Å²) in [5.41, 5.74) is 1.41. The maximum atomic E-state index is 12.8. The summed E-state index contributed by atoms with van der Waals surface area (Å²) in [7, 11) is 0. The van der Waals surface area contributed by atoms with Gasteiger partial charge in [-0.15, -0.1) is 0 Å². The third-order valence-corrected chi connectivity index (χ3v) is 3.71. The molecule has 0 saturated carbocycles. The number of para-hydroxylation sites is 1. The fraction of sp³-hybridized carbons (Fsp3) is 0. The summed E-state index contributed by atoms with van der Waals surface area (Å²) in [5.74, 6) is -0.171. The van der Waals surface area contributed by atoms with Crippen LogP contribution in [-0.4, -0.2) is 20.3 Å². The first-order chi connectivity index (χ1) is 12.7. The molecule has 0 spiro atoms. The minimum absolute atomic E-state index is 0.00992. The Morgan fingerprint density at radius 3 is 2.50 bits per heavy atom. The predicted molar refractivity (Wildman–Crippen MR) is 99.4 cm³/mol. The molecule has 0 atom stereocenters. The van der Waals surface area contributed by atoms with E-state index in [1.165, 1.54) is 12.4 Å². The molecule has 26 heavy (non-hydrogen) atoms. The van der Waals surface area contributed by atoms with Crippen molar-refractivity contribution in [2.75, 3.05) is 0 Å². The summed E-state index contributed by atoms with van der Waals surface area (Å²) < 4.78 is 1.61. The van der Waals surface area contributed by atoms with Gasteiger partial charge in [0.1, 0.15) is 0 Å². The van der Waals surface area contributed by atoms with Crippen LogP contribution in [0.15, 0.2) is 85.5 Å². The fourth-order valence-corrected chi connectivity index (χ4v) is 2.46. The first-order valence-electron chi connectivity index (χ1n) is 7.86. The van der Waals surface area contributed by atoms with Gasteiger partial charge in [0.05, 0.1) is 22.5 Å². The lowest BCUT2D eigenvalue weighted by Gasteiger charge is -2.06. The molecule has 3 aromatic rings. The van der Waals surface area contributed by atoms with E-state index in [-0.39, 0.29) is 11.5 Å². The lowest BCUT2D eigenvalue weighted by atomic mass is 10.1. The van der Waals surface area contributed by atoms with Crippen LogP contribution in [0.5, 0.6) is 0 Å². The number of nitro groups is 1. The van der Waals surface area contributed by atoms with E-state index >= 15 is 0 Å². The van der Waals surface area contributed by atoms with Crippen LogP contribution in [0, 0.1) is 10.1 Å². The molecule has 2 aromatic carbocycles. The molecule has 0 aliphatic carbocycles. The van der Waals surface area contributed by atoms with Gasteiger partial charge in [0.15, 0.2) is 0 Å². The van der Waals surface area contributed by atoms with Crippen LogP contribution in [0.3, 0.4) is 0 Å². The molecule has 0 aliphatic rings. The van der Waals surface area contributed by atoms with Crippen molar-refractivity contribution >= 4 is 23.2 Å². The van der Waals surface area contributed by atoms with Crippen molar-refractivity contribution in [2.45, 2.75) is 0 Å². The third-order valence-electron chi connectivity index (χ3n) is 3.71. The van der Waals surface area contributed by atoms with Gasteiger partial charge in [-0.05, 0) is 18.2 Å². The van der Waals surface area contributed by atoms with E-state index in [4.69, 9.17) is 0 Å². The average molecular weight is 345 g/mol. The number of carbonyl (C=O) groups excluding carboxylic acids is 1. The van der Waals surface area contributed by atoms with Crippen LogP contribution in [0.4, 0.5) is 5.69 Å². The Labute approximate surface area is 149 Å². The third kappa shape index (κ3) is 3.81. The quantitative estimate of drug-likeness (QED) is 0.220. The zero-order valence-electron chi connectivity index (χ0n) is 13.7. The summed E-state index contributed by atoms with van der Waals surface area (Å²) in [5, 5.41) is 11.1. The van der Waals surface area contributed by atoms with Crippen molar-refractivity contribution in [3.05, 3.63) is 107 Å². The summed E-state index contributed by atoms with van der Waals surface area (Å²) in [4.78, 5) is 27.4. The van der Waals surface area contributed by atoms with Crippen LogP contribution < -0.4 is 0 Å². The number of benzene rings is 2. The van der Waals surface area contributed by atoms with Crippen LogP contribution >= 0.6 is 0 Å². The zero-order valence-corrected chi connectivity index (χ0v) is 13.7. The number of hydrogen-bond acceptors (Lipinski definition) is 4. The highest BCUT2D eigenvalue weighted by Crippen LogP contribution is 2.20. The van der Waals surface area contributed by atoms with Crippen molar-refractivity contribution in [1.29, 1.82) is 0 Å². The van der Waals surface area contributed by atoms with Gasteiger partial charge in [-0.25, -0.2) is 4.98 Å². The molecule has 6 nitrogen and oxygen atoms in total. The molecule has 3 rings (SSSR count). The van der Waals surface area contributed by atoms with Crippen molar-refractivity contribution in [3.63, 3.8) is 0 Å². The number of imidazole rings is 1. The molecule has 128 valence electrons. The topological polar surface area (TPSA) is 78.0 Å². The maximum Gasteiger partial charge on any atom is 0.276 e. The van der Waals surface area contributed by atoms with E-state index in [0.717, 1.165) is 0 Å². The summed E-state index contributed by atoms with van der Waals surface area (Å²) in [6.07, 6.45) is 9.63. The van der Waals surface area contributed by atoms with Crippen molar-refractivity contribution in [3.8, 4) is 0 Å². The van der Waals surface area contributed by atoms with E-state index in [2.05, 4.69) is 4.98 Å². The average Bonchev–Trinajstić information content (AvgIpc) is 3.20. The van der Waals surface area contributed by atoms with E-state index in [1.807, 2.05) is 6.07 Å². The molecule has 0 fully saturated rings. The Hall–Kier alpha value is -3.80. The van der Waals surface area contributed by atoms with Gasteiger partial charge in [0, 0.05) is 24.0 Å². The number of nitro benzene ring substituents is 1. The number of ketones is 1. The first kappa shape index (κ1) is 17.0. The highest BCUT2D eigenvalue weighted by molar-refractivity contribution is 6.24. The van der Waals surface area contributed by atoms with Gasteiger partial charge in [-0.3, -0.25) is 14.9 Å². The second-order valence-corrected chi connectivity index (χ2v) is 5.39. The molecule has 0 bridgehead atoms. The summed E-state index contributed by atoms with van der Waals surface area (Å²) >= 11 is 0. The number of nitrogens with zero attached hydrogens (tertiary/aromatic N) is 3. The molecular formula is C20H15N3O3. The number of Topliss-reactive ketones (excluding diaryl/α,β-unsaturated/α-hetero) is 1. The fourth-order valence-electron chi connectivity index (χ4n) is 2.46. The zero-order chi connectivity index (χ0) is 18.4. The normalized spacial score (nSPS) is 11.6. The Bertz CT molecular complexity index is 975. The smallest absolute Gasteiger partial charge is 0.276 e. The molecule has 0 amide bonds. The number of aromatic nitrogens is 2. The number of carbonyl (C=O) groups is 1. The Kier molecular flexibility index (Phi) is 5.14. The van der Waals surface area contributed by atoms with E-state index < -0.39 is 4.92 Å². The molecular weight excluding hydrogens is 330 g/mol. The second-order valence-electron chi connectivity index (χ2n) is 5.39. The highest BCUT2D eigenvalue weighted by Gasteiger charge is 2.13. The van der Waals surface area contributed by atoms with Gasteiger partial charge in [-0.1, -0.05) is 48.5 Å². The Balaban J connectivity index is 1.96. The van der Waals surface area contributed by atoms with Gasteiger partial charge >= 0.3 is 0 Å². The second kappa shape index (κ2) is 7.85. The first-order valence-corrected chi connectivity index (χ1v) is 7.86. The van der Waals surface area contributed by atoms with Crippen molar-refractivity contribution < 1.29 is 9.72 Å². The molecule has 1 heterocycles. The molecule has 0 aliphatic heterocycles. The summed E-state index contributed by atoms with van der Waals surface area (Å²) in [6, 6.07) is 15.3. The van der Waals surface area contributed by atoms with E-state index in [1.54, 1.807) is 77.7 Å². The van der Waals surface area contributed by atoms with Gasteiger partial charge in [0.2, 0.25) is 5.78 Å². The SMILES string of the molecule is O=C(/C(=C/C=C/c1ccccc1[N+](=O)[O-])n1ccnc1)c1ccccc1. The number of hydrogen-bond donors (Lipinski definition) is 0. The van der Waals surface area contributed by atoms with E-state index in [9.17, 15) is 14.9 Å². The molecule has 1 aromatic heterocycles. The largest absolute Gasteiger partial charge is 0.303 e. The lowest BCUT2D eigenvalue weighted by molar-refractivity contribution is -0.385. The molecule has 0 saturated heterocycles. The maximum absolute atomic E-state index is 12.8. The van der Waals surface area contributed by atoms with Crippen LogP contribution in [0.1, 0.15) is 15.9 Å². The van der Waals surface area contributed by atoms with Crippen molar-refractivity contribution in [2.24, 2.45) is 0 Å². The Morgan fingerprint density at radius 2 is 1.81 bits per heavy atom. The number of allylic oxidation sites excluding steroid dienone is 3. The minimum atomic E-state index is -0.435.